The summed E-state index contributed by atoms with van der Waals surface area (Å²) in [4.78, 5) is 15.2. The summed E-state index contributed by atoms with van der Waals surface area (Å²) in [5, 5.41) is 2.95. The molecule has 1 N–H and O–H groups in total. The normalized spacial score (nSPS) is 10.7. The molecule has 2 rings (SSSR count). The number of ether oxygens (including phenoxy) is 3. The lowest BCUT2D eigenvalue weighted by Crippen LogP contribution is -2.22. The van der Waals surface area contributed by atoms with E-state index in [9.17, 15) is 4.79 Å². The highest BCUT2D eigenvalue weighted by Crippen LogP contribution is 2.39. The number of benzene rings is 2. The van der Waals surface area contributed by atoms with E-state index in [1.807, 2.05) is 45.0 Å². The summed E-state index contributed by atoms with van der Waals surface area (Å²) in [6.07, 6.45) is 0. The summed E-state index contributed by atoms with van der Waals surface area (Å²) < 4.78 is 17.1. The van der Waals surface area contributed by atoms with E-state index >= 15 is 0 Å². The molecule has 1 amide bonds. The Kier molecular flexibility index (Phi) is 9.48. The zero-order valence-electron chi connectivity index (χ0n) is 18.8. The van der Waals surface area contributed by atoms with E-state index in [1.165, 1.54) is 5.56 Å². The van der Waals surface area contributed by atoms with Crippen molar-refractivity contribution in [3.05, 3.63) is 47.5 Å². The highest BCUT2D eigenvalue weighted by Gasteiger charge is 2.18. The van der Waals surface area contributed by atoms with Crippen LogP contribution in [0.15, 0.2) is 36.4 Å². The minimum absolute atomic E-state index is 0.226. The Labute approximate surface area is 180 Å². The molecule has 0 aliphatic carbocycles. The molecule has 0 bridgehead atoms. The van der Waals surface area contributed by atoms with Gasteiger partial charge in [-0.15, -0.1) is 0 Å². The smallest absolute Gasteiger partial charge is 0.255 e. The van der Waals surface area contributed by atoms with Crippen LogP contribution in [0.5, 0.6) is 17.2 Å². The SMILES string of the molecule is CCOc1cc(C(=O)Nc2ccc(CN(CC)CC)cc2)cc(OCC)c1OCC. The fourth-order valence-electron chi connectivity index (χ4n) is 3.12. The Morgan fingerprint density at radius 2 is 1.37 bits per heavy atom. The first-order valence-electron chi connectivity index (χ1n) is 10.7. The maximum atomic E-state index is 12.9. The number of hydrogen-bond donors (Lipinski definition) is 1. The first kappa shape index (κ1) is 23.5. The van der Waals surface area contributed by atoms with Crippen molar-refractivity contribution in [2.45, 2.75) is 41.2 Å². The molecule has 6 nitrogen and oxygen atoms in total. The average Bonchev–Trinajstić information content (AvgIpc) is 2.75. The molecule has 0 aliphatic rings. The molecule has 30 heavy (non-hydrogen) atoms. The van der Waals surface area contributed by atoms with E-state index in [4.69, 9.17) is 14.2 Å². The number of carbonyl (C=O) groups excluding carboxylic acids is 1. The van der Waals surface area contributed by atoms with Crippen LogP contribution in [0.4, 0.5) is 5.69 Å². The second-order valence-electron chi connectivity index (χ2n) is 6.71. The van der Waals surface area contributed by atoms with Gasteiger partial charge in [0.25, 0.3) is 5.91 Å². The maximum Gasteiger partial charge on any atom is 0.255 e. The van der Waals surface area contributed by atoms with E-state index in [-0.39, 0.29) is 5.91 Å². The number of amides is 1. The summed E-state index contributed by atoms with van der Waals surface area (Å²) in [6.45, 7) is 14.3. The molecule has 6 heteroatoms. The maximum absolute atomic E-state index is 12.9. The van der Waals surface area contributed by atoms with Crippen LogP contribution in [0, 0.1) is 0 Å². The van der Waals surface area contributed by atoms with Gasteiger partial charge in [-0.2, -0.15) is 0 Å². The third-order valence-corrected chi connectivity index (χ3v) is 4.68. The van der Waals surface area contributed by atoms with Gasteiger partial charge < -0.3 is 19.5 Å². The summed E-state index contributed by atoms with van der Waals surface area (Å²) in [5.41, 5.74) is 2.42. The van der Waals surface area contributed by atoms with Crippen LogP contribution in [0.25, 0.3) is 0 Å². The second kappa shape index (κ2) is 12.1. The molecule has 164 valence electrons. The molecule has 0 saturated heterocycles. The highest BCUT2D eigenvalue weighted by atomic mass is 16.5. The molecule has 0 aromatic heterocycles. The van der Waals surface area contributed by atoms with Gasteiger partial charge in [0.2, 0.25) is 5.75 Å². The molecule has 0 aliphatic heterocycles. The Morgan fingerprint density at radius 3 is 1.83 bits per heavy atom. The molecule has 0 heterocycles. The van der Waals surface area contributed by atoms with Crippen molar-refractivity contribution in [1.82, 2.24) is 4.90 Å². The molecule has 0 radical (unpaired) electrons. The number of nitrogens with one attached hydrogen (secondary N) is 1. The Bertz CT molecular complexity index is 774. The minimum atomic E-state index is -0.226. The monoisotopic (exact) mass is 414 g/mol. The zero-order valence-corrected chi connectivity index (χ0v) is 18.8. The second-order valence-corrected chi connectivity index (χ2v) is 6.71. The first-order chi connectivity index (χ1) is 14.6. The molecule has 0 unspecified atom stereocenters. The number of nitrogens with zero attached hydrogens (tertiary/aromatic N) is 1. The average molecular weight is 415 g/mol. The molecule has 0 spiro atoms. The van der Waals surface area contributed by atoms with E-state index in [0.29, 0.717) is 42.6 Å². The van der Waals surface area contributed by atoms with Gasteiger partial charge in [0.05, 0.1) is 19.8 Å². The van der Waals surface area contributed by atoms with Crippen LogP contribution in [0.3, 0.4) is 0 Å². The Morgan fingerprint density at radius 1 is 0.833 bits per heavy atom. The van der Waals surface area contributed by atoms with Crippen molar-refractivity contribution in [2.75, 3.05) is 38.2 Å². The topological polar surface area (TPSA) is 60.0 Å². The minimum Gasteiger partial charge on any atom is -0.490 e. The number of rotatable bonds is 12. The van der Waals surface area contributed by atoms with Gasteiger partial charge in [-0.05, 0) is 63.7 Å². The van der Waals surface area contributed by atoms with Crippen molar-refractivity contribution >= 4 is 11.6 Å². The van der Waals surface area contributed by atoms with Crippen molar-refractivity contribution in [3.8, 4) is 17.2 Å². The van der Waals surface area contributed by atoms with Crippen molar-refractivity contribution in [1.29, 1.82) is 0 Å². The molecule has 0 atom stereocenters. The van der Waals surface area contributed by atoms with Gasteiger partial charge in [0.15, 0.2) is 11.5 Å². The number of hydrogen-bond acceptors (Lipinski definition) is 5. The fraction of sp³-hybridized carbons (Fsp3) is 0.458. The summed E-state index contributed by atoms with van der Waals surface area (Å²) in [7, 11) is 0. The van der Waals surface area contributed by atoms with Crippen LogP contribution < -0.4 is 19.5 Å². The third kappa shape index (κ3) is 6.39. The molecule has 0 saturated carbocycles. The van der Waals surface area contributed by atoms with E-state index in [1.54, 1.807) is 12.1 Å². The van der Waals surface area contributed by atoms with E-state index < -0.39 is 0 Å². The van der Waals surface area contributed by atoms with Gasteiger partial charge in [0.1, 0.15) is 0 Å². The largest absolute Gasteiger partial charge is 0.490 e. The van der Waals surface area contributed by atoms with Crippen LogP contribution >= 0.6 is 0 Å². The quantitative estimate of drug-likeness (QED) is 0.531. The van der Waals surface area contributed by atoms with E-state index in [2.05, 4.69) is 24.1 Å². The lowest BCUT2D eigenvalue weighted by Gasteiger charge is -2.18. The predicted octanol–water partition coefficient (Wildman–Crippen LogP) is 4.98. The predicted molar refractivity (Wildman–Crippen MR) is 121 cm³/mol. The molecule has 2 aromatic carbocycles. The van der Waals surface area contributed by atoms with Gasteiger partial charge in [-0.3, -0.25) is 9.69 Å². The van der Waals surface area contributed by atoms with Crippen LogP contribution in [-0.2, 0) is 6.54 Å². The standard InChI is InChI=1S/C24H34N2O4/c1-6-26(7-2)17-18-11-13-20(14-12-18)25-24(27)19-15-21(28-8-3)23(30-10-5)22(16-19)29-9-4/h11-16H,6-10,17H2,1-5H3,(H,25,27). The molecular weight excluding hydrogens is 380 g/mol. The molecular formula is C24H34N2O4. The summed E-state index contributed by atoms with van der Waals surface area (Å²) in [5.74, 6) is 1.31. The number of anilines is 1. The van der Waals surface area contributed by atoms with Crippen LogP contribution in [-0.4, -0.2) is 43.7 Å². The Hall–Kier alpha value is -2.73. The Balaban J connectivity index is 2.21. The van der Waals surface area contributed by atoms with Crippen molar-refractivity contribution < 1.29 is 19.0 Å². The van der Waals surface area contributed by atoms with Crippen LogP contribution in [0.2, 0.25) is 0 Å². The fourth-order valence-corrected chi connectivity index (χ4v) is 3.12. The highest BCUT2D eigenvalue weighted by molar-refractivity contribution is 6.05. The lowest BCUT2D eigenvalue weighted by atomic mass is 10.1. The summed E-state index contributed by atoms with van der Waals surface area (Å²) >= 11 is 0. The summed E-state index contributed by atoms with van der Waals surface area (Å²) in [6, 6.07) is 11.3. The molecule has 0 fully saturated rings. The number of carbonyl (C=O) groups is 1. The zero-order chi connectivity index (χ0) is 21.9. The van der Waals surface area contributed by atoms with Gasteiger partial charge >= 0.3 is 0 Å². The van der Waals surface area contributed by atoms with Crippen LogP contribution in [0.1, 0.15) is 50.5 Å². The van der Waals surface area contributed by atoms with E-state index in [0.717, 1.165) is 25.3 Å². The van der Waals surface area contributed by atoms with Crippen molar-refractivity contribution in [3.63, 3.8) is 0 Å². The van der Waals surface area contributed by atoms with Gasteiger partial charge in [-0.25, -0.2) is 0 Å². The third-order valence-electron chi connectivity index (χ3n) is 4.68. The van der Waals surface area contributed by atoms with Gasteiger partial charge in [0, 0.05) is 17.8 Å². The van der Waals surface area contributed by atoms with Crippen molar-refractivity contribution in [2.24, 2.45) is 0 Å². The first-order valence-corrected chi connectivity index (χ1v) is 10.7. The van der Waals surface area contributed by atoms with Gasteiger partial charge in [-0.1, -0.05) is 26.0 Å². The lowest BCUT2D eigenvalue weighted by molar-refractivity contribution is 0.102. The molecule has 2 aromatic rings.